The van der Waals surface area contributed by atoms with Crippen molar-refractivity contribution in [2.24, 2.45) is 5.73 Å². The molecular weight excluding hydrogens is 314 g/mol. The molecule has 0 bridgehead atoms. The first-order chi connectivity index (χ1) is 10.1. The van der Waals surface area contributed by atoms with Gasteiger partial charge in [0.2, 0.25) is 0 Å². The first kappa shape index (κ1) is 17.7. The van der Waals surface area contributed by atoms with Crippen LogP contribution in [0.2, 0.25) is 0 Å². The van der Waals surface area contributed by atoms with E-state index in [4.69, 9.17) is 10.5 Å². The van der Waals surface area contributed by atoms with Crippen molar-refractivity contribution in [1.82, 2.24) is 0 Å². The standard InChI is InChI=1S/C17H25NO2S2/c1-16(2,3)20-15(19)17(4,5)22-21-14-7-6-11-8-13(18)9-12(11)10-14/h6-7,10,13H,8-9,18H2,1-5H3. The lowest BCUT2D eigenvalue weighted by molar-refractivity contribution is -0.156. The molecule has 1 unspecified atom stereocenters. The third-order valence-electron chi connectivity index (χ3n) is 3.38. The minimum atomic E-state index is -0.590. The maximum absolute atomic E-state index is 12.3. The van der Waals surface area contributed by atoms with Gasteiger partial charge in [-0.05, 0) is 70.7 Å². The fraction of sp³-hybridized carbons (Fsp3) is 0.588. The van der Waals surface area contributed by atoms with E-state index >= 15 is 0 Å². The third-order valence-corrected chi connectivity index (χ3v) is 6.57. The van der Waals surface area contributed by atoms with Gasteiger partial charge in [0, 0.05) is 10.9 Å². The molecule has 3 nitrogen and oxygen atoms in total. The van der Waals surface area contributed by atoms with Crippen LogP contribution in [0.1, 0.15) is 45.7 Å². The minimum Gasteiger partial charge on any atom is -0.459 e. The molecule has 0 spiro atoms. The Bertz CT molecular complexity index is 564. The molecule has 0 saturated carbocycles. The average Bonchev–Trinajstić information content (AvgIpc) is 2.73. The molecule has 1 aromatic rings. The molecule has 1 aromatic carbocycles. The summed E-state index contributed by atoms with van der Waals surface area (Å²) in [6.07, 6.45) is 1.92. The summed E-state index contributed by atoms with van der Waals surface area (Å²) in [6, 6.07) is 6.72. The topological polar surface area (TPSA) is 52.3 Å². The van der Waals surface area contributed by atoms with Crippen LogP contribution >= 0.6 is 21.6 Å². The van der Waals surface area contributed by atoms with E-state index in [1.807, 2.05) is 34.6 Å². The molecule has 1 aliphatic carbocycles. The molecule has 5 heteroatoms. The molecule has 2 rings (SSSR count). The van der Waals surface area contributed by atoms with Crippen molar-refractivity contribution in [3.05, 3.63) is 29.3 Å². The lowest BCUT2D eigenvalue weighted by Gasteiger charge is -2.27. The van der Waals surface area contributed by atoms with Gasteiger partial charge in [-0.2, -0.15) is 0 Å². The maximum Gasteiger partial charge on any atom is 0.323 e. The van der Waals surface area contributed by atoms with Crippen molar-refractivity contribution in [2.45, 2.75) is 68.7 Å². The van der Waals surface area contributed by atoms with Crippen LogP contribution in [0.15, 0.2) is 23.1 Å². The maximum atomic E-state index is 12.3. The van der Waals surface area contributed by atoms with Crippen LogP contribution in [0.25, 0.3) is 0 Å². The van der Waals surface area contributed by atoms with Crippen molar-refractivity contribution in [3.63, 3.8) is 0 Å². The smallest absolute Gasteiger partial charge is 0.323 e. The van der Waals surface area contributed by atoms with Gasteiger partial charge in [0.25, 0.3) is 0 Å². The number of benzene rings is 1. The number of rotatable bonds is 4. The normalized spacial score (nSPS) is 18.2. The number of hydrogen-bond acceptors (Lipinski definition) is 5. The number of hydrogen-bond donors (Lipinski definition) is 1. The molecule has 2 N–H and O–H groups in total. The first-order valence-electron chi connectivity index (χ1n) is 7.53. The lowest BCUT2D eigenvalue weighted by atomic mass is 10.1. The number of ether oxygens (including phenoxy) is 1. The summed E-state index contributed by atoms with van der Waals surface area (Å²) < 4.78 is 4.90. The Morgan fingerprint density at radius 1 is 1.18 bits per heavy atom. The quantitative estimate of drug-likeness (QED) is 0.664. The summed E-state index contributed by atoms with van der Waals surface area (Å²) in [4.78, 5) is 13.4. The highest BCUT2D eigenvalue weighted by atomic mass is 33.1. The number of esters is 1. The van der Waals surface area contributed by atoms with Crippen LogP contribution in [0.4, 0.5) is 0 Å². The molecule has 0 saturated heterocycles. The third kappa shape index (κ3) is 4.67. The molecule has 0 aliphatic heterocycles. The van der Waals surface area contributed by atoms with Crippen molar-refractivity contribution < 1.29 is 9.53 Å². The summed E-state index contributed by atoms with van der Waals surface area (Å²) >= 11 is 0. The molecule has 0 amide bonds. The zero-order valence-corrected chi connectivity index (χ0v) is 15.6. The zero-order chi connectivity index (χ0) is 16.5. The summed E-state index contributed by atoms with van der Waals surface area (Å²) in [5.41, 5.74) is 8.24. The molecule has 0 fully saturated rings. The van der Waals surface area contributed by atoms with Crippen LogP contribution in [-0.2, 0) is 22.4 Å². The number of carbonyl (C=O) groups is 1. The second-order valence-corrected chi connectivity index (χ2v) is 10.1. The Labute approximate surface area is 141 Å². The Kier molecular flexibility index (Phi) is 5.20. The van der Waals surface area contributed by atoms with Gasteiger partial charge in [-0.3, -0.25) is 4.79 Å². The fourth-order valence-corrected chi connectivity index (χ4v) is 4.42. The summed E-state index contributed by atoms with van der Waals surface area (Å²) in [6.45, 7) is 9.48. The molecule has 0 heterocycles. The molecule has 122 valence electrons. The molecule has 1 atom stereocenters. The summed E-state index contributed by atoms with van der Waals surface area (Å²) in [5, 5.41) is 0. The van der Waals surface area contributed by atoms with Gasteiger partial charge in [-0.1, -0.05) is 27.7 Å². The van der Waals surface area contributed by atoms with Crippen molar-refractivity contribution in [2.75, 3.05) is 0 Å². The molecule has 0 radical (unpaired) electrons. The first-order valence-corrected chi connectivity index (χ1v) is 9.68. The highest BCUT2D eigenvalue weighted by molar-refractivity contribution is 8.77. The monoisotopic (exact) mass is 339 g/mol. The fourth-order valence-electron chi connectivity index (χ4n) is 2.27. The largest absolute Gasteiger partial charge is 0.459 e. The number of fused-ring (bicyclic) bond motifs is 1. The van der Waals surface area contributed by atoms with E-state index in [0.717, 1.165) is 17.7 Å². The van der Waals surface area contributed by atoms with Gasteiger partial charge in [0.15, 0.2) is 0 Å². The summed E-state index contributed by atoms with van der Waals surface area (Å²) in [5.74, 6) is -0.180. The Hall–Kier alpha value is -0.650. The van der Waals surface area contributed by atoms with E-state index in [1.165, 1.54) is 21.9 Å². The second kappa shape index (κ2) is 6.46. The van der Waals surface area contributed by atoms with Gasteiger partial charge >= 0.3 is 5.97 Å². The highest BCUT2D eigenvalue weighted by Gasteiger charge is 2.34. The Morgan fingerprint density at radius 2 is 1.82 bits per heavy atom. The molecule has 0 aromatic heterocycles. The van der Waals surface area contributed by atoms with E-state index in [2.05, 4.69) is 18.2 Å². The van der Waals surface area contributed by atoms with E-state index < -0.39 is 10.3 Å². The van der Waals surface area contributed by atoms with Crippen LogP contribution in [0, 0.1) is 0 Å². The van der Waals surface area contributed by atoms with Crippen LogP contribution in [0.3, 0.4) is 0 Å². The number of nitrogens with two attached hydrogens (primary N) is 1. The van der Waals surface area contributed by atoms with Gasteiger partial charge in [0.1, 0.15) is 10.3 Å². The predicted molar refractivity (Wildman–Crippen MR) is 95.2 cm³/mol. The van der Waals surface area contributed by atoms with E-state index in [1.54, 1.807) is 10.8 Å². The van der Waals surface area contributed by atoms with Crippen molar-refractivity contribution in [1.29, 1.82) is 0 Å². The highest BCUT2D eigenvalue weighted by Crippen LogP contribution is 2.42. The van der Waals surface area contributed by atoms with Crippen LogP contribution in [0.5, 0.6) is 0 Å². The van der Waals surface area contributed by atoms with Crippen LogP contribution in [-0.4, -0.2) is 22.4 Å². The van der Waals surface area contributed by atoms with Crippen molar-refractivity contribution >= 4 is 27.6 Å². The average molecular weight is 340 g/mol. The number of carbonyl (C=O) groups excluding carboxylic acids is 1. The Balaban J connectivity index is 1.97. The zero-order valence-electron chi connectivity index (χ0n) is 13.9. The Morgan fingerprint density at radius 3 is 2.45 bits per heavy atom. The van der Waals surface area contributed by atoms with Gasteiger partial charge < -0.3 is 10.5 Å². The van der Waals surface area contributed by atoms with Gasteiger partial charge in [-0.25, -0.2) is 0 Å². The lowest BCUT2D eigenvalue weighted by Crippen LogP contribution is -2.35. The van der Waals surface area contributed by atoms with E-state index in [-0.39, 0.29) is 12.0 Å². The van der Waals surface area contributed by atoms with Gasteiger partial charge in [0.05, 0.1) is 0 Å². The predicted octanol–water partition coefficient (Wildman–Crippen LogP) is 3.97. The second-order valence-electron chi connectivity index (χ2n) is 7.28. The van der Waals surface area contributed by atoms with Gasteiger partial charge in [-0.15, -0.1) is 0 Å². The summed E-state index contributed by atoms with van der Waals surface area (Å²) in [7, 11) is 3.16. The SMILES string of the molecule is CC(C)(C)OC(=O)C(C)(C)SSc1ccc2c(c1)CC(N)C2. The minimum absolute atomic E-state index is 0.180. The van der Waals surface area contributed by atoms with Crippen molar-refractivity contribution in [3.8, 4) is 0 Å². The molecule has 22 heavy (non-hydrogen) atoms. The molecule has 1 aliphatic rings. The van der Waals surface area contributed by atoms with E-state index in [9.17, 15) is 4.79 Å². The van der Waals surface area contributed by atoms with Crippen LogP contribution < -0.4 is 5.73 Å². The van der Waals surface area contributed by atoms with E-state index in [0.29, 0.717) is 0 Å². The molecular formula is C17H25NO2S2.